The van der Waals surface area contributed by atoms with Crippen LogP contribution in [0.3, 0.4) is 0 Å². The van der Waals surface area contributed by atoms with Gasteiger partial charge in [-0.05, 0) is 48.9 Å². The van der Waals surface area contributed by atoms with Crippen molar-refractivity contribution < 1.29 is 5.11 Å². The normalized spacial score (nSPS) is 12.2. The first-order chi connectivity index (χ1) is 9.72. The topological polar surface area (TPSA) is 45.2 Å². The van der Waals surface area contributed by atoms with Crippen LogP contribution < -0.4 is 5.32 Å². The van der Waals surface area contributed by atoms with E-state index in [4.69, 9.17) is 0 Å². The fourth-order valence-corrected chi connectivity index (χ4v) is 2.26. The molecule has 3 heteroatoms. The Kier molecular flexibility index (Phi) is 3.25. The van der Waals surface area contributed by atoms with E-state index >= 15 is 0 Å². The molecular weight excluding hydrogens is 248 g/mol. The van der Waals surface area contributed by atoms with Crippen molar-refractivity contribution >= 4 is 16.6 Å². The summed E-state index contributed by atoms with van der Waals surface area (Å²) < 4.78 is 0. The molecule has 0 amide bonds. The Hall–Kier alpha value is -2.55. The lowest BCUT2D eigenvalue weighted by atomic mass is 10.1. The standard InChI is InChI=1S/C17H16N2O/c1-12(13-4-7-16(20)8-5-13)19-15-6-9-17-14(11-15)3-2-10-18-17/h2-12,19-20H,1H3. The first-order valence-corrected chi connectivity index (χ1v) is 6.62. The molecule has 0 saturated carbocycles. The number of fused-ring (bicyclic) bond motifs is 1. The first kappa shape index (κ1) is 12.5. The molecule has 0 saturated heterocycles. The molecule has 2 N–H and O–H groups in total. The molecule has 3 nitrogen and oxygen atoms in total. The van der Waals surface area contributed by atoms with E-state index < -0.39 is 0 Å². The van der Waals surface area contributed by atoms with Gasteiger partial charge >= 0.3 is 0 Å². The van der Waals surface area contributed by atoms with E-state index in [1.165, 1.54) is 0 Å². The van der Waals surface area contributed by atoms with Crippen LogP contribution in [0.4, 0.5) is 5.69 Å². The summed E-state index contributed by atoms with van der Waals surface area (Å²) in [5.74, 6) is 0.290. The number of nitrogens with zero attached hydrogens (tertiary/aromatic N) is 1. The minimum absolute atomic E-state index is 0.171. The highest BCUT2D eigenvalue weighted by molar-refractivity contribution is 5.82. The van der Waals surface area contributed by atoms with E-state index in [2.05, 4.69) is 29.4 Å². The van der Waals surface area contributed by atoms with E-state index in [9.17, 15) is 5.11 Å². The molecule has 1 unspecified atom stereocenters. The van der Waals surface area contributed by atoms with Crippen LogP contribution in [0.15, 0.2) is 60.8 Å². The van der Waals surface area contributed by atoms with Gasteiger partial charge < -0.3 is 10.4 Å². The average molecular weight is 264 g/mol. The van der Waals surface area contributed by atoms with Gasteiger partial charge in [0.25, 0.3) is 0 Å². The van der Waals surface area contributed by atoms with Crippen LogP contribution in [0, 0.1) is 0 Å². The van der Waals surface area contributed by atoms with Crippen molar-refractivity contribution in [3.8, 4) is 5.75 Å². The van der Waals surface area contributed by atoms with Crippen molar-refractivity contribution in [3.05, 3.63) is 66.4 Å². The molecule has 1 heterocycles. The second-order valence-corrected chi connectivity index (χ2v) is 4.87. The van der Waals surface area contributed by atoms with E-state index in [1.807, 2.05) is 30.3 Å². The van der Waals surface area contributed by atoms with Crippen molar-refractivity contribution in [1.29, 1.82) is 0 Å². The van der Waals surface area contributed by atoms with Gasteiger partial charge in [-0.15, -0.1) is 0 Å². The Morgan fingerprint density at radius 2 is 1.85 bits per heavy atom. The van der Waals surface area contributed by atoms with E-state index in [0.29, 0.717) is 0 Å². The van der Waals surface area contributed by atoms with Crippen molar-refractivity contribution in [3.63, 3.8) is 0 Å². The predicted octanol–water partition coefficient (Wildman–Crippen LogP) is 4.11. The molecular formula is C17H16N2O. The van der Waals surface area contributed by atoms with Crippen molar-refractivity contribution in [2.24, 2.45) is 0 Å². The number of hydrogen-bond acceptors (Lipinski definition) is 3. The smallest absolute Gasteiger partial charge is 0.115 e. The summed E-state index contributed by atoms with van der Waals surface area (Å²) in [4.78, 5) is 4.31. The number of phenolic OH excluding ortho intramolecular Hbond substituents is 1. The monoisotopic (exact) mass is 264 g/mol. The molecule has 3 rings (SSSR count). The lowest BCUT2D eigenvalue weighted by Crippen LogP contribution is -2.06. The lowest BCUT2D eigenvalue weighted by Gasteiger charge is -2.16. The van der Waals surface area contributed by atoms with Crippen LogP contribution in [0.2, 0.25) is 0 Å². The molecule has 0 aliphatic rings. The average Bonchev–Trinajstić information content (AvgIpc) is 2.48. The predicted molar refractivity (Wildman–Crippen MR) is 81.9 cm³/mol. The Labute approximate surface area is 117 Å². The quantitative estimate of drug-likeness (QED) is 0.748. The van der Waals surface area contributed by atoms with Gasteiger partial charge in [0.15, 0.2) is 0 Å². The van der Waals surface area contributed by atoms with Crippen LogP contribution in [-0.2, 0) is 0 Å². The minimum Gasteiger partial charge on any atom is -0.508 e. The van der Waals surface area contributed by atoms with E-state index in [0.717, 1.165) is 22.2 Å². The molecule has 0 spiro atoms. The number of pyridine rings is 1. The Bertz CT molecular complexity index is 722. The van der Waals surface area contributed by atoms with Crippen LogP contribution in [0.5, 0.6) is 5.75 Å². The summed E-state index contributed by atoms with van der Waals surface area (Å²) in [7, 11) is 0. The van der Waals surface area contributed by atoms with Crippen LogP contribution in [-0.4, -0.2) is 10.1 Å². The number of phenols is 1. The van der Waals surface area contributed by atoms with Gasteiger partial charge in [-0.1, -0.05) is 18.2 Å². The largest absolute Gasteiger partial charge is 0.508 e. The minimum atomic E-state index is 0.171. The van der Waals surface area contributed by atoms with Crippen molar-refractivity contribution in [1.82, 2.24) is 4.98 Å². The van der Waals surface area contributed by atoms with E-state index in [1.54, 1.807) is 18.3 Å². The molecule has 1 atom stereocenters. The van der Waals surface area contributed by atoms with Crippen molar-refractivity contribution in [2.75, 3.05) is 5.32 Å². The van der Waals surface area contributed by atoms with Crippen LogP contribution >= 0.6 is 0 Å². The summed E-state index contributed by atoms with van der Waals surface area (Å²) >= 11 is 0. The molecule has 0 bridgehead atoms. The second-order valence-electron chi connectivity index (χ2n) is 4.87. The summed E-state index contributed by atoms with van der Waals surface area (Å²) in [6.07, 6.45) is 1.80. The van der Waals surface area contributed by atoms with Gasteiger partial charge in [0.05, 0.1) is 5.52 Å². The highest BCUT2D eigenvalue weighted by Gasteiger charge is 2.05. The van der Waals surface area contributed by atoms with Gasteiger partial charge in [-0.25, -0.2) is 0 Å². The third kappa shape index (κ3) is 2.57. The van der Waals surface area contributed by atoms with Gasteiger partial charge in [0, 0.05) is 23.3 Å². The maximum Gasteiger partial charge on any atom is 0.115 e. The van der Waals surface area contributed by atoms with Crippen LogP contribution in [0.1, 0.15) is 18.5 Å². The molecule has 0 aliphatic carbocycles. The lowest BCUT2D eigenvalue weighted by molar-refractivity contribution is 0.475. The van der Waals surface area contributed by atoms with Crippen molar-refractivity contribution in [2.45, 2.75) is 13.0 Å². The highest BCUT2D eigenvalue weighted by atomic mass is 16.3. The maximum atomic E-state index is 9.32. The van der Waals surface area contributed by atoms with Crippen LogP contribution in [0.25, 0.3) is 10.9 Å². The Morgan fingerprint density at radius 1 is 1.05 bits per heavy atom. The molecule has 100 valence electrons. The number of aromatic hydroxyl groups is 1. The Morgan fingerprint density at radius 3 is 2.65 bits per heavy atom. The number of rotatable bonds is 3. The fraction of sp³-hybridized carbons (Fsp3) is 0.118. The molecule has 0 radical (unpaired) electrons. The first-order valence-electron chi connectivity index (χ1n) is 6.62. The van der Waals surface area contributed by atoms with Gasteiger partial charge in [0.1, 0.15) is 5.75 Å². The maximum absolute atomic E-state index is 9.32. The number of aromatic nitrogens is 1. The highest BCUT2D eigenvalue weighted by Crippen LogP contribution is 2.23. The number of benzene rings is 2. The summed E-state index contributed by atoms with van der Waals surface area (Å²) in [6.45, 7) is 2.10. The summed E-state index contributed by atoms with van der Waals surface area (Å²) in [5.41, 5.74) is 3.19. The molecule has 2 aromatic carbocycles. The number of hydrogen-bond donors (Lipinski definition) is 2. The zero-order chi connectivity index (χ0) is 13.9. The Balaban J connectivity index is 1.83. The zero-order valence-corrected chi connectivity index (χ0v) is 11.2. The van der Waals surface area contributed by atoms with E-state index in [-0.39, 0.29) is 11.8 Å². The fourth-order valence-electron chi connectivity index (χ4n) is 2.26. The molecule has 3 aromatic rings. The van der Waals surface area contributed by atoms with Gasteiger partial charge in [-0.3, -0.25) is 4.98 Å². The summed E-state index contributed by atoms with van der Waals surface area (Å²) in [5, 5.41) is 13.9. The third-order valence-corrected chi connectivity index (χ3v) is 3.38. The third-order valence-electron chi connectivity index (χ3n) is 3.38. The molecule has 0 fully saturated rings. The molecule has 0 aliphatic heterocycles. The number of nitrogens with one attached hydrogen (secondary N) is 1. The second kappa shape index (κ2) is 5.21. The summed E-state index contributed by atoms with van der Waals surface area (Å²) in [6, 6.07) is 17.6. The molecule has 20 heavy (non-hydrogen) atoms. The number of anilines is 1. The van der Waals surface area contributed by atoms with Gasteiger partial charge in [0.2, 0.25) is 0 Å². The van der Waals surface area contributed by atoms with Gasteiger partial charge in [-0.2, -0.15) is 0 Å². The molecule has 1 aromatic heterocycles. The SMILES string of the molecule is CC(Nc1ccc2ncccc2c1)c1ccc(O)cc1. The zero-order valence-electron chi connectivity index (χ0n) is 11.2.